The first kappa shape index (κ1) is 22.7. The first-order valence-corrected chi connectivity index (χ1v) is 11.6. The Morgan fingerprint density at radius 3 is 2.57 bits per heavy atom. The van der Waals surface area contributed by atoms with Gasteiger partial charge in [0.2, 0.25) is 0 Å². The normalized spacial score (nSPS) is 12.6. The molecule has 0 aliphatic carbocycles. The van der Waals surface area contributed by atoms with Crippen LogP contribution in [0.15, 0.2) is 41.3 Å². The molecule has 1 N–H and O–H groups in total. The molecular weight excluding hydrogens is 467 g/mol. The van der Waals surface area contributed by atoms with Crippen LogP contribution in [0.4, 0.5) is 0 Å². The second-order valence-corrected chi connectivity index (χ2v) is 10.1. The number of carboxylic acids is 1. The first-order valence-electron chi connectivity index (χ1n) is 8.76. The minimum absolute atomic E-state index is 0.208. The van der Waals surface area contributed by atoms with Gasteiger partial charge in [-0.25, -0.2) is 9.78 Å². The molecule has 2 aromatic carbocycles. The van der Waals surface area contributed by atoms with Crippen LogP contribution in [0.2, 0.25) is 10.0 Å². The van der Waals surface area contributed by atoms with Crippen LogP contribution in [0.1, 0.15) is 24.4 Å². The van der Waals surface area contributed by atoms with Crippen LogP contribution in [-0.4, -0.2) is 30.2 Å². The Kier molecular flexibility index (Phi) is 6.81. The third-order valence-electron chi connectivity index (χ3n) is 4.19. The number of carboxylic acid groups (broad SMARTS) is 1. The Labute approximate surface area is 190 Å². The van der Waals surface area contributed by atoms with Gasteiger partial charge < -0.3 is 9.84 Å². The molecule has 0 amide bonds. The van der Waals surface area contributed by atoms with E-state index in [1.807, 2.05) is 0 Å². The van der Waals surface area contributed by atoms with Crippen LogP contribution in [-0.2, 0) is 21.3 Å². The highest BCUT2D eigenvalue weighted by molar-refractivity contribution is 7.84. The van der Waals surface area contributed by atoms with Crippen molar-refractivity contribution in [3.05, 3.63) is 57.0 Å². The summed E-state index contributed by atoms with van der Waals surface area (Å²) in [4.78, 5) is 16.3. The number of nitrogens with zero attached hydrogens (tertiary/aromatic N) is 2. The fourth-order valence-corrected chi connectivity index (χ4v) is 4.74. The summed E-state index contributed by atoms with van der Waals surface area (Å²) in [7, 11) is -1.35. The molecule has 1 heterocycles. The van der Waals surface area contributed by atoms with Gasteiger partial charge in [-0.05, 0) is 74.3 Å². The van der Waals surface area contributed by atoms with Crippen LogP contribution < -0.4 is 4.74 Å². The summed E-state index contributed by atoms with van der Waals surface area (Å²) < 4.78 is 22.7. The summed E-state index contributed by atoms with van der Waals surface area (Å²) in [5, 5.41) is 10.7. The van der Waals surface area contributed by atoms with Crippen LogP contribution >= 0.6 is 34.7 Å². The van der Waals surface area contributed by atoms with Gasteiger partial charge in [-0.3, -0.25) is 4.21 Å². The number of benzene rings is 2. The van der Waals surface area contributed by atoms with E-state index in [1.54, 1.807) is 43.3 Å². The molecule has 3 rings (SSSR count). The molecule has 30 heavy (non-hydrogen) atoms. The quantitative estimate of drug-likeness (QED) is 0.484. The molecule has 1 unspecified atom stereocenters. The maximum atomic E-state index is 12.8. The smallest absolute Gasteiger partial charge is 0.347 e. The molecule has 0 aliphatic rings. The van der Waals surface area contributed by atoms with Gasteiger partial charge in [-0.15, -0.1) is 0 Å². The van der Waals surface area contributed by atoms with Crippen molar-refractivity contribution in [1.29, 1.82) is 0 Å². The average Bonchev–Trinajstić information content (AvgIpc) is 3.13. The number of aryl methyl sites for hydroxylation is 1. The number of hydrogen-bond donors (Lipinski definition) is 1. The summed E-state index contributed by atoms with van der Waals surface area (Å²) in [5.41, 5.74) is 0.0684. The number of aromatic nitrogens is 2. The maximum Gasteiger partial charge on any atom is 0.347 e. The molecule has 0 bridgehead atoms. The van der Waals surface area contributed by atoms with E-state index in [0.717, 1.165) is 5.56 Å². The summed E-state index contributed by atoms with van der Waals surface area (Å²) in [6.07, 6.45) is 0. The second-order valence-electron chi connectivity index (χ2n) is 6.98. The van der Waals surface area contributed by atoms with Crippen LogP contribution in [0.3, 0.4) is 0 Å². The highest BCUT2D eigenvalue weighted by Crippen LogP contribution is 2.29. The summed E-state index contributed by atoms with van der Waals surface area (Å²) in [5.74, 6) is 0.0742. The van der Waals surface area contributed by atoms with Gasteiger partial charge in [-0.1, -0.05) is 23.2 Å². The number of carbonyl (C=O) groups is 1. The molecule has 0 fully saturated rings. The van der Waals surface area contributed by atoms with Crippen molar-refractivity contribution >= 4 is 51.5 Å². The van der Waals surface area contributed by atoms with E-state index >= 15 is 0 Å². The zero-order chi connectivity index (χ0) is 22.1. The van der Waals surface area contributed by atoms with E-state index in [2.05, 4.69) is 9.36 Å². The molecular formula is C20H18Cl2N2O4S2. The monoisotopic (exact) mass is 484 g/mol. The number of hydrogen-bond acceptors (Lipinski definition) is 6. The molecule has 10 heteroatoms. The highest BCUT2D eigenvalue weighted by atomic mass is 35.5. The molecule has 3 aromatic rings. The van der Waals surface area contributed by atoms with Crippen molar-refractivity contribution < 1.29 is 18.8 Å². The minimum Gasteiger partial charge on any atom is -0.478 e. The van der Waals surface area contributed by atoms with Crippen molar-refractivity contribution in [2.75, 3.05) is 0 Å². The lowest BCUT2D eigenvalue weighted by Crippen LogP contribution is -2.38. The summed E-state index contributed by atoms with van der Waals surface area (Å²) in [6, 6.07) is 10.2. The number of halogens is 2. The maximum absolute atomic E-state index is 12.8. The molecule has 0 saturated heterocycles. The molecule has 0 spiro atoms. The van der Waals surface area contributed by atoms with Crippen molar-refractivity contribution in [2.45, 2.75) is 37.0 Å². The zero-order valence-corrected chi connectivity index (χ0v) is 19.5. The predicted molar refractivity (Wildman–Crippen MR) is 119 cm³/mol. The third-order valence-corrected chi connectivity index (χ3v) is 7.14. The van der Waals surface area contributed by atoms with E-state index in [-0.39, 0.29) is 5.75 Å². The van der Waals surface area contributed by atoms with Gasteiger partial charge in [0.15, 0.2) is 11.4 Å². The van der Waals surface area contributed by atoms with Gasteiger partial charge in [0.05, 0.1) is 26.6 Å². The van der Waals surface area contributed by atoms with Gasteiger partial charge in [0, 0.05) is 10.5 Å². The standard InChI is InChI=1S/C20H18Cl2N2O4S2/c1-11-8-13(5-7-16(11)28-20(2,3)19(25)26)30(27)10-17-23-18(24-29-17)12-4-6-14(21)15(22)9-12/h4-9H,10H2,1-3H3,(H,25,26). The van der Waals surface area contributed by atoms with Gasteiger partial charge in [0.1, 0.15) is 10.8 Å². The lowest BCUT2D eigenvalue weighted by atomic mass is 10.1. The predicted octanol–water partition coefficient (Wildman–Crippen LogP) is 5.37. The van der Waals surface area contributed by atoms with E-state index in [9.17, 15) is 14.1 Å². The Morgan fingerprint density at radius 1 is 1.20 bits per heavy atom. The topological polar surface area (TPSA) is 89.4 Å². The Hall–Kier alpha value is -2.00. The highest BCUT2D eigenvalue weighted by Gasteiger charge is 2.30. The fourth-order valence-electron chi connectivity index (χ4n) is 2.46. The van der Waals surface area contributed by atoms with Gasteiger partial charge >= 0.3 is 5.97 Å². The van der Waals surface area contributed by atoms with Crippen LogP contribution in [0.5, 0.6) is 5.75 Å². The fraction of sp³-hybridized carbons (Fsp3) is 0.250. The lowest BCUT2D eigenvalue weighted by molar-refractivity contribution is -0.152. The third kappa shape index (κ3) is 5.18. The van der Waals surface area contributed by atoms with Gasteiger partial charge in [-0.2, -0.15) is 4.37 Å². The minimum atomic E-state index is -1.36. The molecule has 6 nitrogen and oxygen atoms in total. The number of aliphatic carboxylic acids is 1. The SMILES string of the molecule is Cc1cc(S(=O)Cc2nc(-c3ccc(Cl)c(Cl)c3)ns2)ccc1OC(C)(C)C(=O)O. The zero-order valence-electron chi connectivity index (χ0n) is 16.3. The van der Waals surface area contributed by atoms with E-state index in [0.29, 0.717) is 37.1 Å². The van der Waals surface area contributed by atoms with Crippen molar-refractivity contribution in [2.24, 2.45) is 0 Å². The number of ether oxygens (including phenoxy) is 1. The Bertz CT molecular complexity index is 1130. The molecule has 0 aliphatic heterocycles. The molecule has 1 aromatic heterocycles. The van der Waals surface area contributed by atoms with Crippen LogP contribution in [0.25, 0.3) is 11.4 Å². The van der Waals surface area contributed by atoms with E-state index < -0.39 is 22.4 Å². The van der Waals surface area contributed by atoms with E-state index in [4.69, 9.17) is 27.9 Å². The number of rotatable bonds is 7. The first-order chi connectivity index (χ1) is 14.1. The van der Waals surface area contributed by atoms with Crippen molar-refractivity contribution in [3.63, 3.8) is 0 Å². The second kappa shape index (κ2) is 9.01. The van der Waals surface area contributed by atoms with Crippen molar-refractivity contribution in [1.82, 2.24) is 9.36 Å². The molecule has 0 saturated carbocycles. The van der Waals surface area contributed by atoms with Crippen LogP contribution in [0, 0.1) is 6.92 Å². The Balaban J connectivity index is 1.73. The average molecular weight is 485 g/mol. The van der Waals surface area contributed by atoms with Gasteiger partial charge in [0.25, 0.3) is 0 Å². The largest absolute Gasteiger partial charge is 0.478 e. The lowest BCUT2D eigenvalue weighted by Gasteiger charge is -2.22. The summed E-state index contributed by atoms with van der Waals surface area (Å²) >= 11 is 13.2. The molecule has 0 radical (unpaired) electrons. The van der Waals surface area contributed by atoms with E-state index in [1.165, 1.54) is 25.4 Å². The molecule has 1 atom stereocenters. The van der Waals surface area contributed by atoms with Crippen molar-refractivity contribution in [3.8, 4) is 17.1 Å². The Morgan fingerprint density at radius 2 is 1.93 bits per heavy atom. The molecule has 158 valence electrons. The summed E-state index contributed by atoms with van der Waals surface area (Å²) in [6.45, 7) is 4.73.